The molecule has 0 aromatic heterocycles. The van der Waals surface area contributed by atoms with E-state index in [2.05, 4.69) is 10.6 Å². The first-order chi connectivity index (χ1) is 13.7. The van der Waals surface area contributed by atoms with Crippen molar-refractivity contribution in [2.45, 2.75) is 31.8 Å². The van der Waals surface area contributed by atoms with E-state index in [4.69, 9.17) is 16.7 Å². The van der Waals surface area contributed by atoms with Crippen LogP contribution in [0.5, 0.6) is 0 Å². The Bertz CT molecular complexity index is 886. The first-order valence-electron chi connectivity index (χ1n) is 8.65. The highest BCUT2D eigenvalue weighted by molar-refractivity contribution is 6.30. The lowest BCUT2D eigenvalue weighted by Crippen LogP contribution is -2.35. The molecule has 2 aromatic rings. The van der Waals surface area contributed by atoms with E-state index in [0.717, 1.165) is 19.1 Å². The van der Waals surface area contributed by atoms with Crippen LogP contribution in [-0.2, 0) is 14.4 Å². The molecule has 0 radical (unpaired) electrons. The number of rotatable bonds is 8. The maximum atomic E-state index is 14.1. The SMILES string of the molecule is CC(=O)NC(CC(=O)NC(CC(=O)O)c1ccc(Cl)cc1)c1c(F)cccc1F. The second-order valence-electron chi connectivity index (χ2n) is 6.36. The van der Waals surface area contributed by atoms with E-state index in [9.17, 15) is 23.2 Å². The molecule has 9 heteroatoms. The van der Waals surface area contributed by atoms with E-state index in [1.165, 1.54) is 6.07 Å². The number of hydrogen-bond donors (Lipinski definition) is 3. The average Bonchev–Trinajstić information content (AvgIpc) is 2.60. The van der Waals surface area contributed by atoms with Gasteiger partial charge in [-0.2, -0.15) is 0 Å². The molecule has 2 amide bonds. The van der Waals surface area contributed by atoms with Crippen molar-refractivity contribution < 1.29 is 28.3 Å². The molecule has 0 heterocycles. The Kier molecular flexibility index (Phi) is 7.67. The summed E-state index contributed by atoms with van der Waals surface area (Å²) >= 11 is 5.83. The maximum Gasteiger partial charge on any atom is 0.305 e. The number of aliphatic carboxylic acids is 1. The number of amides is 2. The molecule has 2 aromatic carbocycles. The van der Waals surface area contributed by atoms with Gasteiger partial charge in [0, 0.05) is 17.5 Å². The largest absolute Gasteiger partial charge is 0.481 e. The molecule has 2 atom stereocenters. The predicted molar refractivity (Wildman–Crippen MR) is 102 cm³/mol. The van der Waals surface area contributed by atoms with Gasteiger partial charge >= 0.3 is 5.97 Å². The summed E-state index contributed by atoms with van der Waals surface area (Å²) in [5.74, 6) is -4.23. The van der Waals surface area contributed by atoms with Crippen LogP contribution in [0.3, 0.4) is 0 Å². The molecule has 2 unspecified atom stereocenters. The molecule has 0 aliphatic heterocycles. The summed E-state index contributed by atoms with van der Waals surface area (Å²) < 4.78 is 28.3. The number of carbonyl (C=O) groups excluding carboxylic acids is 2. The van der Waals surface area contributed by atoms with E-state index in [-0.39, 0.29) is 0 Å². The summed E-state index contributed by atoms with van der Waals surface area (Å²) in [5, 5.41) is 14.5. The number of carbonyl (C=O) groups is 3. The van der Waals surface area contributed by atoms with Gasteiger partial charge in [-0.05, 0) is 29.8 Å². The zero-order chi connectivity index (χ0) is 21.6. The molecule has 2 rings (SSSR count). The number of carboxylic acids is 1. The van der Waals surface area contributed by atoms with Crippen LogP contribution in [0.4, 0.5) is 8.78 Å². The van der Waals surface area contributed by atoms with Gasteiger partial charge < -0.3 is 15.7 Å². The fourth-order valence-electron chi connectivity index (χ4n) is 2.87. The molecule has 0 aliphatic carbocycles. The molecule has 0 fully saturated rings. The molecule has 0 bridgehead atoms. The van der Waals surface area contributed by atoms with Crippen LogP contribution in [0.25, 0.3) is 0 Å². The van der Waals surface area contributed by atoms with Crippen LogP contribution < -0.4 is 10.6 Å². The first kappa shape index (κ1) is 22.3. The second kappa shape index (κ2) is 9.97. The maximum absolute atomic E-state index is 14.1. The topological polar surface area (TPSA) is 95.5 Å². The lowest BCUT2D eigenvalue weighted by atomic mass is 10.00. The van der Waals surface area contributed by atoms with E-state index in [1.54, 1.807) is 24.3 Å². The Labute approximate surface area is 170 Å². The fraction of sp³-hybridized carbons (Fsp3) is 0.250. The molecule has 0 aliphatic rings. The highest BCUT2D eigenvalue weighted by Crippen LogP contribution is 2.25. The minimum Gasteiger partial charge on any atom is -0.481 e. The van der Waals surface area contributed by atoms with Crippen molar-refractivity contribution in [3.8, 4) is 0 Å². The minimum atomic E-state index is -1.26. The number of halogens is 3. The molecule has 6 nitrogen and oxygen atoms in total. The smallest absolute Gasteiger partial charge is 0.305 e. The second-order valence-corrected chi connectivity index (χ2v) is 6.80. The van der Waals surface area contributed by atoms with Gasteiger partial charge in [0.05, 0.1) is 24.9 Å². The highest BCUT2D eigenvalue weighted by atomic mass is 35.5. The third-order valence-corrected chi connectivity index (χ3v) is 4.35. The van der Waals surface area contributed by atoms with Crippen molar-refractivity contribution in [2.24, 2.45) is 0 Å². The Balaban J connectivity index is 2.23. The number of nitrogens with one attached hydrogen (secondary N) is 2. The van der Waals surface area contributed by atoms with Gasteiger partial charge in [0.25, 0.3) is 0 Å². The van der Waals surface area contributed by atoms with Gasteiger partial charge in [0.15, 0.2) is 0 Å². The molecular formula is C20H19ClF2N2O4. The summed E-state index contributed by atoms with van der Waals surface area (Å²) in [6.45, 7) is 1.16. The third kappa shape index (κ3) is 6.53. The number of hydrogen-bond acceptors (Lipinski definition) is 3. The quantitative estimate of drug-likeness (QED) is 0.604. The Morgan fingerprint density at radius 2 is 1.55 bits per heavy atom. The summed E-state index contributed by atoms with van der Waals surface area (Å²) in [5.41, 5.74) is 0.0532. The lowest BCUT2D eigenvalue weighted by Gasteiger charge is -2.22. The average molecular weight is 425 g/mol. The summed E-state index contributed by atoms with van der Waals surface area (Å²) in [6.07, 6.45) is -0.895. The molecule has 29 heavy (non-hydrogen) atoms. The summed E-state index contributed by atoms with van der Waals surface area (Å²) in [6, 6.07) is 7.29. The van der Waals surface area contributed by atoms with Crippen LogP contribution in [0.2, 0.25) is 5.02 Å². The van der Waals surface area contributed by atoms with Crippen LogP contribution in [0.1, 0.15) is 43.0 Å². The van der Waals surface area contributed by atoms with Crippen molar-refractivity contribution in [1.29, 1.82) is 0 Å². The van der Waals surface area contributed by atoms with Crippen LogP contribution in [-0.4, -0.2) is 22.9 Å². The van der Waals surface area contributed by atoms with Crippen molar-refractivity contribution in [3.05, 3.63) is 70.2 Å². The standard InChI is InChI=1S/C20H19ClF2N2O4/c1-11(26)24-17(20-14(22)3-2-4-15(20)23)9-18(27)25-16(10-19(28)29)12-5-7-13(21)8-6-12/h2-8,16-17H,9-10H2,1H3,(H,24,26)(H,25,27)(H,28,29). The minimum absolute atomic E-state index is 0.410. The highest BCUT2D eigenvalue weighted by Gasteiger charge is 2.26. The predicted octanol–water partition coefficient (Wildman–Crippen LogP) is 3.52. The first-order valence-corrected chi connectivity index (χ1v) is 9.02. The van der Waals surface area contributed by atoms with E-state index in [0.29, 0.717) is 10.6 Å². The van der Waals surface area contributed by atoms with Gasteiger partial charge in [0.1, 0.15) is 11.6 Å². The fourth-order valence-corrected chi connectivity index (χ4v) is 3.00. The van der Waals surface area contributed by atoms with Crippen LogP contribution in [0, 0.1) is 11.6 Å². The van der Waals surface area contributed by atoms with Crippen molar-refractivity contribution in [3.63, 3.8) is 0 Å². The summed E-state index contributed by atoms with van der Waals surface area (Å²) in [7, 11) is 0. The van der Waals surface area contributed by atoms with Gasteiger partial charge in [0.2, 0.25) is 11.8 Å². The number of benzene rings is 2. The Morgan fingerprint density at radius 3 is 2.07 bits per heavy atom. The Morgan fingerprint density at radius 1 is 0.966 bits per heavy atom. The molecular weight excluding hydrogens is 406 g/mol. The van der Waals surface area contributed by atoms with Crippen molar-refractivity contribution in [1.82, 2.24) is 10.6 Å². The van der Waals surface area contributed by atoms with Gasteiger partial charge in [-0.15, -0.1) is 0 Å². The van der Waals surface area contributed by atoms with E-state index in [1.807, 2.05) is 0 Å². The molecule has 0 saturated carbocycles. The lowest BCUT2D eigenvalue weighted by molar-refractivity contribution is -0.137. The molecule has 3 N–H and O–H groups in total. The molecule has 154 valence electrons. The molecule has 0 saturated heterocycles. The van der Waals surface area contributed by atoms with Crippen LogP contribution >= 0.6 is 11.6 Å². The van der Waals surface area contributed by atoms with E-state index >= 15 is 0 Å². The monoisotopic (exact) mass is 424 g/mol. The molecule has 0 spiro atoms. The normalized spacial score (nSPS) is 12.7. The summed E-state index contributed by atoms with van der Waals surface area (Å²) in [4.78, 5) is 35.2. The van der Waals surface area contributed by atoms with Gasteiger partial charge in [-0.3, -0.25) is 14.4 Å². The zero-order valence-electron chi connectivity index (χ0n) is 15.4. The van der Waals surface area contributed by atoms with Crippen molar-refractivity contribution >= 4 is 29.4 Å². The Hall–Kier alpha value is -3.00. The third-order valence-electron chi connectivity index (χ3n) is 4.10. The van der Waals surface area contributed by atoms with Crippen LogP contribution in [0.15, 0.2) is 42.5 Å². The van der Waals surface area contributed by atoms with Crippen molar-refractivity contribution in [2.75, 3.05) is 0 Å². The number of carboxylic acid groups (broad SMARTS) is 1. The van der Waals surface area contributed by atoms with E-state index < -0.39 is 59.9 Å². The van der Waals surface area contributed by atoms with Gasteiger partial charge in [-0.25, -0.2) is 8.78 Å². The van der Waals surface area contributed by atoms with Gasteiger partial charge in [-0.1, -0.05) is 29.8 Å². The zero-order valence-corrected chi connectivity index (χ0v) is 16.2.